The second-order valence-electron chi connectivity index (χ2n) is 7.11. The van der Waals surface area contributed by atoms with E-state index in [4.69, 9.17) is 19.6 Å². The lowest BCUT2D eigenvalue weighted by atomic mass is 10.1. The number of anilines is 1. The van der Waals surface area contributed by atoms with Crippen molar-refractivity contribution < 1.29 is 9.47 Å². The molecule has 6 nitrogen and oxygen atoms in total. The van der Waals surface area contributed by atoms with E-state index in [1.54, 1.807) is 7.11 Å². The van der Waals surface area contributed by atoms with Gasteiger partial charge in [0.2, 0.25) is 0 Å². The molecule has 3 aromatic rings. The van der Waals surface area contributed by atoms with Crippen LogP contribution >= 0.6 is 0 Å². The molecule has 4 rings (SSSR count). The Kier molecular flexibility index (Phi) is 4.74. The quantitative estimate of drug-likeness (QED) is 0.742. The third-order valence-corrected chi connectivity index (χ3v) is 5.32. The molecule has 1 atom stereocenters. The molecule has 0 bridgehead atoms. The fraction of sp³-hybridized carbons (Fsp3) is 0.429. The topological polar surface area (TPSA) is 60.7 Å². The van der Waals surface area contributed by atoms with Gasteiger partial charge in [-0.25, -0.2) is 4.98 Å². The van der Waals surface area contributed by atoms with E-state index in [0.29, 0.717) is 0 Å². The van der Waals surface area contributed by atoms with Gasteiger partial charge in [0.1, 0.15) is 11.6 Å². The maximum Gasteiger partial charge on any atom is 0.165 e. The van der Waals surface area contributed by atoms with Gasteiger partial charge in [-0.1, -0.05) is 12.1 Å². The monoisotopic (exact) mass is 366 g/mol. The molecule has 0 amide bonds. The minimum atomic E-state index is 0.269. The molecule has 1 unspecified atom stereocenters. The lowest BCUT2D eigenvalue weighted by molar-refractivity contribution is 0.120. The van der Waals surface area contributed by atoms with Crippen LogP contribution in [0.1, 0.15) is 29.8 Å². The van der Waals surface area contributed by atoms with Crippen molar-refractivity contribution >= 4 is 11.5 Å². The molecule has 1 aliphatic heterocycles. The van der Waals surface area contributed by atoms with Crippen LogP contribution in [0.15, 0.2) is 24.3 Å². The van der Waals surface area contributed by atoms with E-state index in [1.807, 2.05) is 30.5 Å². The molecule has 3 heterocycles. The minimum Gasteiger partial charge on any atom is -0.497 e. The zero-order valence-electron chi connectivity index (χ0n) is 16.4. The summed E-state index contributed by atoms with van der Waals surface area (Å²) in [6, 6.07) is 8.05. The summed E-state index contributed by atoms with van der Waals surface area (Å²) in [5.41, 5.74) is 6.09. The number of fused-ring (bicyclic) bond motifs is 1. The Hall–Kier alpha value is -2.60. The van der Waals surface area contributed by atoms with Gasteiger partial charge in [0.25, 0.3) is 0 Å². The van der Waals surface area contributed by atoms with Crippen molar-refractivity contribution in [3.63, 3.8) is 0 Å². The van der Waals surface area contributed by atoms with E-state index in [1.165, 1.54) is 0 Å². The first kappa shape index (κ1) is 17.8. The van der Waals surface area contributed by atoms with Gasteiger partial charge < -0.3 is 14.8 Å². The molecule has 0 saturated carbocycles. The number of ether oxygens (including phenoxy) is 2. The van der Waals surface area contributed by atoms with Gasteiger partial charge in [0, 0.05) is 30.0 Å². The summed E-state index contributed by atoms with van der Waals surface area (Å²) in [6.07, 6.45) is 2.51. The fourth-order valence-corrected chi connectivity index (χ4v) is 3.67. The van der Waals surface area contributed by atoms with Gasteiger partial charge in [0.15, 0.2) is 5.65 Å². The van der Waals surface area contributed by atoms with Crippen molar-refractivity contribution in [2.75, 3.05) is 25.6 Å². The number of nitrogens with zero attached hydrogens (tertiary/aromatic N) is 3. The van der Waals surface area contributed by atoms with E-state index in [-0.39, 0.29) is 6.10 Å². The van der Waals surface area contributed by atoms with Crippen LogP contribution in [-0.2, 0) is 4.74 Å². The third kappa shape index (κ3) is 3.25. The molecule has 1 saturated heterocycles. The summed E-state index contributed by atoms with van der Waals surface area (Å²) < 4.78 is 13.0. The van der Waals surface area contributed by atoms with Crippen LogP contribution < -0.4 is 10.1 Å². The van der Waals surface area contributed by atoms with Crippen LogP contribution in [0.25, 0.3) is 16.8 Å². The number of methoxy groups -OCH3 is 1. The lowest BCUT2D eigenvalue weighted by Gasteiger charge is -2.16. The van der Waals surface area contributed by atoms with Crippen molar-refractivity contribution in [3.05, 3.63) is 41.2 Å². The van der Waals surface area contributed by atoms with E-state index in [2.05, 4.69) is 24.4 Å². The molecule has 2 aromatic heterocycles. The molecule has 0 spiro atoms. The molecule has 1 aliphatic rings. The summed E-state index contributed by atoms with van der Waals surface area (Å²) in [6.45, 7) is 7.81. The molecule has 1 N–H and O–H groups in total. The molecule has 27 heavy (non-hydrogen) atoms. The Bertz CT molecular complexity index is 957. The van der Waals surface area contributed by atoms with Crippen LogP contribution in [0.4, 0.5) is 5.82 Å². The Morgan fingerprint density at radius 2 is 1.96 bits per heavy atom. The lowest BCUT2D eigenvalue weighted by Crippen LogP contribution is -2.21. The highest BCUT2D eigenvalue weighted by Gasteiger charge is 2.20. The summed E-state index contributed by atoms with van der Waals surface area (Å²) >= 11 is 0. The number of aromatic nitrogens is 3. The maximum absolute atomic E-state index is 5.76. The number of rotatable bonds is 5. The average molecular weight is 366 g/mol. The SMILES string of the molecule is COc1ccc(-c2c(C)nn3c(NCC4CCCO4)c(C)c(C)nc23)cc1. The minimum absolute atomic E-state index is 0.269. The first-order chi connectivity index (χ1) is 13.1. The normalized spacial score (nSPS) is 16.8. The van der Waals surface area contributed by atoms with Crippen LogP contribution in [0.3, 0.4) is 0 Å². The maximum atomic E-state index is 5.76. The second-order valence-corrected chi connectivity index (χ2v) is 7.11. The van der Waals surface area contributed by atoms with Gasteiger partial charge in [-0.3, -0.25) is 0 Å². The predicted molar refractivity (Wildman–Crippen MR) is 107 cm³/mol. The molecular formula is C21H26N4O2. The van der Waals surface area contributed by atoms with E-state index < -0.39 is 0 Å². The van der Waals surface area contributed by atoms with Gasteiger partial charge in [-0.05, 0) is 51.3 Å². The van der Waals surface area contributed by atoms with Crippen LogP contribution in [-0.4, -0.2) is 41.0 Å². The highest BCUT2D eigenvalue weighted by molar-refractivity contribution is 5.81. The number of hydrogen-bond acceptors (Lipinski definition) is 5. The van der Waals surface area contributed by atoms with Crippen LogP contribution in [0, 0.1) is 20.8 Å². The number of nitrogens with one attached hydrogen (secondary N) is 1. The first-order valence-electron chi connectivity index (χ1n) is 9.45. The molecule has 0 aliphatic carbocycles. The van der Waals surface area contributed by atoms with Crippen molar-refractivity contribution in [3.8, 4) is 16.9 Å². The standard InChI is InChI=1S/C21H26N4O2/c1-13-14(2)23-21-19(16-7-9-17(26-4)10-8-16)15(3)24-25(21)20(13)22-12-18-6-5-11-27-18/h7-10,18,22H,5-6,11-12H2,1-4H3. The second kappa shape index (κ2) is 7.19. The van der Waals surface area contributed by atoms with Crippen molar-refractivity contribution in [1.29, 1.82) is 0 Å². The fourth-order valence-electron chi connectivity index (χ4n) is 3.67. The largest absolute Gasteiger partial charge is 0.497 e. The van der Waals surface area contributed by atoms with Gasteiger partial charge in [-0.15, -0.1) is 0 Å². The van der Waals surface area contributed by atoms with Crippen molar-refractivity contribution in [1.82, 2.24) is 14.6 Å². The highest BCUT2D eigenvalue weighted by atomic mass is 16.5. The molecule has 1 aromatic carbocycles. The highest BCUT2D eigenvalue weighted by Crippen LogP contribution is 2.32. The Morgan fingerprint density at radius 3 is 2.63 bits per heavy atom. The Morgan fingerprint density at radius 1 is 1.19 bits per heavy atom. The van der Waals surface area contributed by atoms with E-state index >= 15 is 0 Å². The number of hydrogen-bond donors (Lipinski definition) is 1. The number of benzene rings is 1. The molecular weight excluding hydrogens is 340 g/mol. The van der Waals surface area contributed by atoms with E-state index in [0.717, 1.165) is 71.3 Å². The van der Waals surface area contributed by atoms with E-state index in [9.17, 15) is 0 Å². The van der Waals surface area contributed by atoms with Gasteiger partial charge >= 0.3 is 0 Å². The first-order valence-corrected chi connectivity index (χ1v) is 9.45. The van der Waals surface area contributed by atoms with Crippen molar-refractivity contribution in [2.45, 2.75) is 39.7 Å². The predicted octanol–water partition coefficient (Wildman–Crippen LogP) is 3.92. The number of aryl methyl sites for hydroxylation is 2. The molecule has 1 fully saturated rings. The Balaban J connectivity index is 1.78. The van der Waals surface area contributed by atoms with Crippen LogP contribution in [0.2, 0.25) is 0 Å². The zero-order valence-corrected chi connectivity index (χ0v) is 16.4. The smallest absolute Gasteiger partial charge is 0.165 e. The zero-order chi connectivity index (χ0) is 19.0. The van der Waals surface area contributed by atoms with Gasteiger partial charge in [-0.2, -0.15) is 9.61 Å². The average Bonchev–Trinajstić information content (AvgIpc) is 3.30. The summed E-state index contributed by atoms with van der Waals surface area (Å²) in [7, 11) is 1.68. The molecule has 142 valence electrons. The Labute approximate surface area is 159 Å². The molecule has 6 heteroatoms. The summed E-state index contributed by atoms with van der Waals surface area (Å²) in [4.78, 5) is 4.85. The van der Waals surface area contributed by atoms with Crippen LogP contribution in [0.5, 0.6) is 5.75 Å². The van der Waals surface area contributed by atoms with Gasteiger partial charge in [0.05, 0.1) is 18.9 Å². The summed E-state index contributed by atoms with van der Waals surface area (Å²) in [5.74, 6) is 1.84. The molecule has 0 radical (unpaired) electrons. The van der Waals surface area contributed by atoms with Crippen molar-refractivity contribution in [2.24, 2.45) is 0 Å². The summed E-state index contributed by atoms with van der Waals surface area (Å²) in [5, 5.41) is 8.36. The third-order valence-electron chi connectivity index (χ3n) is 5.32.